The van der Waals surface area contributed by atoms with Crippen molar-refractivity contribution in [2.45, 2.75) is 26.4 Å². The smallest absolute Gasteiger partial charge is 0.434 e. The van der Waals surface area contributed by atoms with Crippen molar-refractivity contribution in [3.05, 3.63) is 89.5 Å². The maximum atomic E-state index is 12.8. The van der Waals surface area contributed by atoms with Crippen molar-refractivity contribution in [2.75, 3.05) is 7.11 Å². The summed E-state index contributed by atoms with van der Waals surface area (Å²) in [6.07, 6.45) is 10.8. The van der Waals surface area contributed by atoms with Crippen molar-refractivity contribution >= 4 is 17.7 Å². The van der Waals surface area contributed by atoms with Gasteiger partial charge in [-0.3, -0.25) is 10.0 Å². The average Bonchev–Trinajstić information content (AvgIpc) is 2.74. The third kappa shape index (κ3) is 6.05. The van der Waals surface area contributed by atoms with Crippen LogP contribution in [0.3, 0.4) is 0 Å². The molecule has 8 heteroatoms. The molecule has 166 valence electrons. The van der Waals surface area contributed by atoms with Gasteiger partial charge in [-0.05, 0) is 80.5 Å². The summed E-state index contributed by atoms with van der Waals surface area (Å²) in [6.45, 7) is 5.25. The number of hydroxylamine groups is 2. The van der Waals surface area contributed by atoms with Gasteiger partial charge in [-0.25, -0.2) is 9.86 Å². The van der Waals surface area contributed by atoms with Gasteiger partial charge in [0.1, 0.15) is 11.4 Å². The molecule has 0 spiro atoms. The fraction of sp³-hybridized carbons (Fsp3) is 0.208. The molecule has 0 radical (unpaired) electrons. The Morgan fingerprint density at radius 3 is 2.25 bits per heavy atom. The molecule has 1 aliphatic carbocycles. The summed E-state index contributed by atoms with van der Waals surface area (Å²) < 4.78 is 10.4. The molecule has 1 heterocycles. The summed E-state index contributed by atoms with van der Waals surface area (Å²) >= 11 is 0. The van der Waals surface area contributed by atoms with Gasteiger partial charge in [-0.15, -0.1) is 0 Å². The van der Waals surface area contributed by atoms with E-state index in [4.69, 9.17) is 9.47 Å². The van der Waals surface area contributed by atoms with E-state index in [1.54, 1.807) is 82.5 Å². The molecule has 0 bridgehead atoms. The molecule has 2 aliphatic rings. The number of rotatable bonds is 3. The minimum absolute atomic E-state index is 0.262. The zero-order valence-corrected chi connectivity index (χ0v) is 18.3. The first-order valence-corrected chi connectivity index (χ1v) is 9.90. The first-order valence-electron chi connectivity index (χ1n) is 9.90. The Hall–Kier alpha value is -3.91. The Morgan fingerprint density at radius 2 is 1.66 bits per heavy atom. The van der Waals surface area contributed by atoms with Crippen molar-refractivity contribution in [2.24, 2.45) is 4.99 Å². The summed E-state index contributed by atoms with van der Waals surface area (Å²) in [5, 5.41) is 13.2. The Labute approximate surface area is 186 Å². The van der Waals surface area contributed by atoms with Crippen molar-refractivity contribution in [1.29, 1.82) is 0 Å². The third-order valence-corrected chi connectivity index (χ3v) is 4.35. The molecule has 0 fully saturated rings. The first-order chi connectivity index (χ1) is 15.1. The molecule has 0 aromatic heterocycles. The van der Waals surface area contributed by atoms with Gasteiger partial charge >= 0.3 is 6.09 Å². The average molecular weight is 435 g/mol. The van der Waals surface area contributed by atoms with Crippen molar-refractivity contribution in [1.82, 2.24) is 10.4 Å². The maximum Gasteiger partial charge on any atom is 0.434 e. The largest absolute Gasteiger partial charge is 0.497 e. The van der Waals surface area contributed by atoms with Crippen LogP contribution in [-0.2, 0) is 4.74 Å². The molecule has 1 aromatic carbocycles. The zero-order chi connectivity index (χ0) is 23.3. The number of allylic oxidation sites excluding steroid dienone is 7. The summed E-state index contributed by atoms with van der Waals surface area (Å²) in [5.41, 5.74) is 1.89. The van der Waals surface area contributed by atoms with Crippen LogP contribution in [0.15, 0.2) is 88.9 Å². The van der Waals surface area contributed by atoms with E-state index >= 15 is 0 Å². The second-order valence-corrected chi connectivity index (χ2v) is 7.97. The molecule has 8 nitrogen and oxygen atoms in total. The predicted molar refractivity (Wildman–Crippen MR) is 120 cm³/mol. The van der Waals surface area contributed by atoms with Crippen LogP contribution in [-0.4, -0.2) is 40.7 Å². The highest BCUT2D eigenvalue weighted by atomic mass is 16.6. The monoisotopic (exact) mass is 435 g/mol. The number of hydrogen-bond donors (Lipinski definition) is 2. The highest BCUT2D eigenvalue weighted by Crippen LogP contribution is 2.22. The zero-order valence-electron chi connectivity index (χ0n) is 18.3. The standard InChI is InChI=1S/C24H25N3O5/c1-24(2,3)32-23(29)26-20-10-7-18(16-11-13-27(30)14-12-16)15-21(20)25-22(28)17-5-8-19(31-4)9-6-17/h5-15,30H,1-4H3,(H,25,28)/b26-20-. The molecule has 1 aliphatic heterocycles. The van der Waals surface area contributed by atoms with Crippen LogP contribution in [0.2, 0.25) is 0 Å². The van der Waals surface area contributed by atoms with E-state index in [1.807, 2.05) is 0 Å². The van der Waals surface area contributed by atoms with E-state index < -0.39 is 11.7 Å². The molecule has 0 saturated carbocycles. The van der Waals surface area contributed by atoms with Crippen LogP contribution < -0.4 is 10.1 Å². The van der Waals surface area contributed by atoms with Crippen LogP contribution in [0, 0.1) is 0 Å². The Balaban J connectivity index is 1.93. The van der Waals surface area contributed by atoms with E-state index in [1.165, 1.54) is 12.4 Å². The van der Waals surface area contributed by atoms with Gasteiger partial charge in [-0.1, -0.05) is 6.08 Å². The molecule has 0 unspecified atom stereocenters. The number of carbonyl (C=O) groups excluding carboxylic acids is 2. The Bertz CT molecular complexity index is 1070. The lowest BCUT2D eigenvalue weighted by Crippen LogP contribution is -2.29. The second-order valence-electron chi connectivity index (χ2n) is 7.97. The molecule has 2 N–H and O–H groups in total. The van der Waals surface area contributed by atoms with E-state index in [9.17, 15) is 14.8 Å². The minimum Gasteiger partial charge on any atom is -0.497 e. The van der Waals surface area contributed by atoms with Gasteiger partial charge in [0.2, 0.25) is 0 Å². The minimum atomic E-state index is -0.758. The third-order valence-electron chi connectivity index (χ3n) is 4.35. The SMILES string of the molecule is COc1ccc(C(=O)NC2=CC(=C3C=CN(O)C=C3)C=C/C2=N/C(=O)OC(C)(C)C)cc1. The van der Waals surface area contributed by atoms with E-state index in [0.29, 0.717) is 17.0 Å². The van der Waals surface area contributed by atoms with Crippen LogP contribution in [0.4, 0.5) is 4.79 Å². The number of nitrogens with one attached hydrogen (secondary N) is 1. The van der Waals surface area contributed by atoms with Crippen LogP contribution in [0.5, 0.6) is 5.75 Å². The molecule has 32 heavy (non-hydrogen) atoms. The van der Waals surface area contributed by atoms with Crippen LogP contribution in [0.1, 0.15) is 31.1 Å². The summed E-state index contributed by atoms with van der Waals surface area (Å²) in [5.74, 6) is 0.265. The summed E-state index contributed by atoms with van der Waals surface area (Å²) in [7, 11) is 1.55. The molecule has 3 rings (SSSR count). The lowest BCUT2D eigenvalue weighted by Gasteiger charge is -2.19. The number of amides is 2. The fourth-order valence-electron chi connectivity index (χ4n) is 2.84. The molecular weight excluding hydrogens is 410 g/mol. The summed E-state index contributed by atoms with van der Waals surface area (Å²) in [6, 6.07) is 6.65. The number of ether oxygens (including phenoxy) is 2. The highest BCUT2D eigenvalue weighted by Gasteiger charge is 2.20. The topological polar surface area (TPSA) is 100 Å². The maximum absolute atomic E-state index is 12.8. The predicted octanol–water partition coefficient (Wildman–Crippen LogP) is 4.28. The Morgan fingerprint density at radius 1 is 1.00 bits per heavy atom. The molecule has 0 atom stereocenters. The molecular formula is C24H25N3O5. The van der Waals surface area contributed by atoms with E-state index in [2.05, 4.69) is 10.3 Å². The van der Waals surface area contributed by atoms with E-state index in [-0.39, 0.29) is 11.6 Å². The van der Waals surface area contributed by atoms with Gasteiger partial charge in [-0.2, -0.15) is 4.99 Å². The quantitative estimate of drug-likeness (QED) is 0.735. The van der Waals surface area contributed by atoms with Crippen LogP contribution >= 0.6 is 0 Å². The fourth-order valence-corrected chi connectivity index (χ4v) is 2.84. The van der Waals surface area contributed by atoms with E-state index in [0.717, 1.165) is 16.2 Å². The first kappa shape index (κ1) is 22.8. The number of carbonyl (C=O) groups is 2. The van der Waals surface area contributed by atoms with Gasteiger partial charge < -0.3 is 14.8 Å². The lowest BCUT2D eigenvalue weighted by atomic mass is 9.99. The number of nitrogens with zero attached hydrogens (tertiary/aromatic N) is 2. The normalized spacial score (nSPS) is 16.8. The van der Waals surface area contributed by atoms with Crippen molar-refractivity contribution in [3.63, 3.8) is 0 Å². The molecule has 0 saturated heterocycles. The number of methoxy groups -OCH3 is 1. The summed E-state index contributed by atoms with van der Waals surface area (Å²) in [4.78, 5) is 29.1. The van der Waals surface area contributed by atoms with Gasteiger partial charge in [0, 0.05) is 18.0 Å². The van der Waals surface area contributed by atoms with Crippen molar-refractivity contribution in [3.8, 4) is 5.75 Å². The van der Waals surface area contributed by atoms with Crippen molar-refractivity contribution < 1.29 is 24.3 Å². The number of benzene rings is 1. The number of hydrogen-bond acceptors (Lipinski definition) is 6. The lowest BCUT2D eigenvalue weighted by molar-refractivity contribution is 0.0105. The van der Waals surface area contributed by atoms with Gasteiger partial charge in [0.05, 0.1) is 18.5 Å². The number of aliphatic imine (C=N–C) groups is 1. The van der Waals surface area contributed by atoms with Gasteiger partial charge in [0.15, 0.2) is 0 Å². The van der Waals surface area contributed by atoms with Gasteiger partial charge in [0.25, 0.3) is 5.91 Å². The molecule has 2 amide bonds. The highest BCUT2D eigenvalue weighted by molar-refractivity contribution is 6.16. The molecule has 1 aromatic rings. The van der Waals surface area contributed by atoms with Crippen LogP contribution in [0.25, 0.3) is 0 Å². The Kier molecular flexibility index (Phi) is 6.75. The second kappa shape index (κ2) is 9.49.